The van der Waals surface area contributed by atoms with Gasteiger partial charge >= 0.3 is 0 Å². The first kappa shape index (κ1) is 20.7. The van der Waals surface area contributed by atoms with E-state index >= 15 is 0 Å². The predicted molar refractivity (Wildman–Crippen MR) is 89.4 cm³/mol. The second-order valence-electron chi connectivity index (χ2n) is 6.23. The quantitative estimate of drug-likeness (QED) is 0.741. The molecule has 10 heteroatoms. The van der Waals surface area contributed by atoms with E-state index in [0.29, 0.717) is 6.07 Å². The normalized spacial score (nSPS) is 17.9. The van der Waals surface area contributed by atoms with E-state index in [4.69, 9.17) is 0 Å². The van der Waals surface area contributed by atoms with Crippen molar-refractivity contribution in [1.82, 2.24) is 14.5 Å². The molecule has 1 aromatic carbocycles. The molecule has 1 unspecified atom stereocenters. The van der Waals surface area contributed by atoms with Gasteiger partial charge in [-0.15, -0.1) is 0 Å². The highest BCUT2D eigenvalue weighted by molar-refractivity contribution is 7.89. The summed E-state index contributed by atoms with van der Waals surface area (Å²) in [5, 5.41) is 2.82. The molecular weight excluding hydrogens is 371 g/mol. The summed E-state index contributed by atoms with van der Waals surface area (Å²) in [5.41, 5.74) is 0. The Morgan fingerprint density at radius 2 is 1.77 bits per heavy atom. The second kappa shape index (κ2) is 8.36. The molecule has 1 aliphatic rings. The molecule has 0 aromatic heterocycles. The summed E-state index contributed by atoms with van der Waals surface area (Å²) < 4.78 is 66.2. The predicted octanol–water partition coefficient (Wildman–Crippen LogP) is 1.32. The summed E-state index contributed by atoms with van der Waals surface area (Å²) in [5.74, 6) is -5.13. The number of nitrogens with one attached hydrogen (secondary N) is 1. The molecule has 1 atom stereocenters. The standard InChI is InChI=1S/C16H22F3N3O3S/c1-3-11(2)20-14(23)10-21-6-8-22(9-7-21)26(24,25)13-5-4-12(17)15(18)16(13)19/h4-5,11H,3,6-10H2,1-2H3,(H,20,23). The summed E-state index contributed by atoms with van der Waals surface area (Å²) in [6.45, 7) is 4.58. The van der Waals surface area contributed by atoms with Crippen LogP contribution in [0.3, 0.4) is 0 Å². The van der Waals surface area contributed by atoms with E-state index < -0.39 is 32.4 Å². The number of rotatable bonds is 6. The van der Waals surface area contributed by atoms with Gasteiger partial charge in [-0.2, -0.15) is 4.31 Å². The second-order valence-corrected chi connectivity index (χ2v) is 8.14. The molecule has 1 aromatic rings. The van der Waals surface area contributed by atoms with Gasteiger partial charge in [0.05, 0.1) is 6.54 Å². The topological polar surface area (TPSA) is 69.7 Å². The molecule has 1 aliphatic heterocycles. The molecule has 1 amide bonds. The monoisotopic (exact) mass is 393 g/mol. The number of nitrogens with zero attached hydrogens (tertiary/aromatic N) is 2. The van der Waals surface area contributed by atoms with Gasteiger partial charge in [0, 0.05) is 32.2 Å². The number of amides is 1. The lowest BCUT2D eigenvalue weighted by Crippen LogP contribution is -2.51. The van der Waals surface area contributed by atoms with Crippen molar-refractivity contribution < 1.29 is 26.4 Å². The zero-order valence-electron chi connectivity index (χ0n) is 14.6. The third-order valence-corrected chi connectivity index (χ3v) is 6.25. The Morgan fingerprint density at radius 1 is 1.15 bits per heavy atom. The van der Waals surface area contributed by atoms with Gasteiger partial charge in [-0.1, -0.05) is 6.92 Å². The maximum Gasteiger partial charge on any atom is 0.246 e. The number of carbonyl (C=O) groups excluding carboxylic acids is 1. The van der Waals surface area contributed by atoms with E-state index in [-0.39, 0.29) is 44.7 Å². The first-order valence-corrected chi connectivity index (χ1v) is 9.76. The molecule has 1 saturated heterocycles. The maximum atomic E-state index is 13.8. The van der Waals surface area contributed by atoms with Crippen molar-refractivity contribution in [1.29, 1.82) is 0 Å². The van der Waals surface area contributed by atoms with Crippen LogP contribution in [-0.2, 0) is 14.8 Å². The van der Waals surface area contributed by atoms with E-state index in [1.807, 2.05) is 13.8 Å². The molecule has 1 N–H and O–H groups in total. The van der Waals surface area contributed by atoms with Crippen LogP contribution in [0.5, 0.6) is 0 Å². The van der Waals surface area contributed by atoms with Gasteiger partial charge in [-0.05, 0) is 25.5 Å². The highest BCUT2D eigenvalue weighted by Crippen LogP contribution is 2.23. The summed E-state index contributed by atoms with van der Waals surface area (Å²) in [6, 6.07) is 1.36. The molecule has 0 radical (unpaired) electrons. The highest BCUT2D eigenvalue weighted by atomic mass is 32.2. The van der Waals surface area contributed by atoms with Crippen molar-refractivity contribution in [3.63, 3.8) is 0 Å². The minimum absolute atomic E-state index is 0.0252. The lowest BCUT2D eigenvalue weighted by molar-refractivity contribution is -0.123. The summed E-state index contributed by atoms with van der Waals surface area (Å²) in [4.78, 5) is 12.8. The molecule has 0 saturated carbocycles. The van der Waals surface area contributed by atoms with Crippen molar-refractivity contribution in [2.24, 2.45) is 0 Å². The van der Waals surface area contributed by atoms with Gasteiger partial charge in [0.15, 0.2) is 17.5 Å². The number of halogens is 3. The van der Waals surface area contributed by atoms with Crippen molar-refractivity contribution in [3.8, 4) is 0 Å². The van der Waals surface area contributed by atoms with Gasteiger partial charge in [-0.3, -0.25) is 9.69 Å². The SMILES string of the molecule is CCC(C)NC(=O)CN1CCN(S(=O)(=O)c2ccc(F)c(F)c2F)CC1. The molecule has 1 fully saturated rings. The number of piperazine rings is 1. The fraction of sp³-hybridized carbons (Fsp3) is 0.562. The molecular formula is C16H22F3N3O3S. The summed E-state index contributed by atoms with van der Waals surface area (Å²) in [7, 11) is -4.28. The van der Waals surface area contributed by atoms with E-state index in [0.717, 1.165) is 16.8 Å². The van der Waals surface area contributed by atoms with Crippen LogP contribution >= 0.6 is 0 Å². The number of benzene rings is 1. The molecule has 0 aliphatic carbocycles. The molecule has 1 heterocycles. The highest BCUT2D eigenvalue weighted by Gasteiger charge is 2.32. The van der Waals surface area contributed by atoms with Crippen LogP contribution < -0.4 is 5.32 Å². The van der Waals surface area contributed by atoms with Gasteiger partial charge < -0.3 is 5.32 Å². The lowest BCUT2D eigenvalue weighted by atomic mass is 10.2. The molecule has 0 bridgehead atoms. The van der Waals surface area contributed by atoms with Crippen LogP contribution in [0, 0.1) is 17.5 Å². The maximum absolute atomic E-state index is 13.8. The average molecular weight is 393 g/mol. The zero-order valence-corrected chi connectivity index (χ0v) is 15.5. The van der Waals surface area contributed by atoms with Gasteiger partial charge in [0.25, 0.3) is 0 Å². The van der Waals surface area contributed by atoms with Crippen molar-refractivity contribution in [2.45, 2.75) is 31.2 Å². The van der Waals surface area contributed by atoms with Crippen molar-refractivity contribution in [2.75, 3.05) is 32.7 Å². The van der Waals surface area contributed by atoms with Crippen LogP contribution in [0.15, 0.2) is 17.0 Å². The molecule has 26 heavy (non-hydrogen) atoms. The Bertz CT molecular complexity index is 765. The van der Waals surface area contributed by atoms with Crippen LogP contribution in [0.2, 0.25) is 0 Å². The van der Waals surface area contributed by atoms with Gasteiger partial charge in [0.1, 0.15) is 4.90 Å². The summed E-state index contributed by atoms with van der Waals surface area (Å²) >= 11 is 0. The number of sulfonamides is 1. The Hall–Kier alpha value is -1.65. The van der Waals surface area contributed by atoms with E-state index in [1.54, 1.807) is 4.90 Å². The Morgan fingerprint density at radius 3 is 2.35 bits per heavy atom. The number of carbonyl (C=O) groups is 1. The molecule has 2 rings (SSSR count). The third-order valence-electron chi connectivity index (χ3n) is 4.34. The van der Waals surface area contributed by atoms with E-state index in [2.05, 4.69) is 5.32 Å². The summed E-state index contributed by atoms with van der Waals surface area (Å²) in [6.07, 6.45) is 0.803. The zero-order chi connectivity index (χ0) is 19.5. The van der Waals surface area contributed by atoms with Crippen LogP contribution in [0.4, 0.5) is 13.2 Å². The molecule has 146 valence electrons. The molecule has 6 nitrogen and oxygen atoms in total. The van der Waals surface area contributed by atoms with Gasteiger partial charge in [0.2, 0.25) is 15.9 Å². The lowest BCUT2D eigenvalue weighted by Gasteiger charge is -2.33. The Kier molecular flexibility index (Phi) is 6.64. The van der Waals surface area contributed by atoms with E-state index in [9.17, 15) is 26.4 Å². The fourth-order valence-corrected chi connectivity index (χ4v) is 4.08. The third kappa shape index (κ3) is 4.54. The minimum atomic E-state index is -4.28. The minimum Gasteiger partial charge on any atom is -0.353 e. The first-order valence-electron chi connectivity index (χ1n) is 8.32. The first-order chi connectivity index (χ1) is 12.2. The van der Waals surface area contributed by atoms with Crippen LogP contribution in [-0.4, -0.2) is 62.3 Å². The van der Waals surface area contributed by atoms with Gasteiger partial charge in [-0.25, -0.2) is 21.6 Å². The van der Waals surface area contributed by atoms with Crippen molar-refractivity contribution >= 4 is 15.9 Å². The van der Waals surface area contributed by atoms with Crippen LogP contribution in [0.25, 0.3) is 0 Å². The largest absolute Gasteiger partial charge is 0.353 e. The van der Waals surface area contributed by atoms with E-state index in [1.165, 1.54) is 0 Å². The average Bonchev–Trinajstić information content (AvgIpc) is 2.59. The van der Waals surface area contributed by atoms with Crippen molar-refractivity contribution in [3.05, 3.63) is 29.6 Å². The smallest absolute Gasteiger partial charge is 0.246 e. The number of hydrogen-bond donors (Lipinski definition) is 1. The number of hydrogen-bond acceptors (Lipinski definition) is 4. The fourth-order valence-electron chi connectivity index (χ4n) is 2.60. The molecule has 0 spiro atoms. The Labute approximate surface area is 151 Å². The van der Waals surface area contributed by atoms with Crippen LogP contribution in [0.1, 0.15) is 20.3 Å². The Balaban J connectivity index is 2.01.